The fourth-order valence-electron chi connectivity index (χ4n) is 2.88. The van der Waals surface area contributed by atoms with Gasteiger partial charge in [0.1, 0.15) is 5.82 Å². The maximum Gasteiger partial charge on any atom is 0.307 e. The van der Waals surface area contributed by atoms with Gasteiger partial charge in [-0.05, 0) is 30.0 Å². The third kappa shape index (κ3) is 5.33. The van der Waals surface area contributed by atoms with Gasteiger partial charge in [-0.25, -0.2) is 13.2 Å². The number of hydrogen-bond donors (Lipinski definition) is 1. The zero-order valence-corrected chi connectivity index (χ0v) is 14.8. The van der Waals surface area contributed by atoms with E-state index in [4.69, 9.17) is 4.74 Å². The van der Waals surface area contributed by atoms with Crippen LogP contribution in [-0.2, 0) is 16.0 Å². The molecule has 2 rings (SSSR count). The fraction of sp³-hybridized carbons (Fsp3) is 0.350. The van der Waals surface area contributed by atoms with E-state index < -0.39 is 29.5 Å². The molecule has 0 aliphatic carbocycles. The molecule has 0 heterocycles. The Morgan fingerprint density at radius 2 is 1.73 bits per heavy atom. The molecule has 0 saturated carbocycles. The van der Waals surface area contributed by atoms with E-state index >= 15 is 0 Å². The minimum Gasteiger partial charge on any atom is -0.469 e. The van der Waals surface area contributed by atoms with E-state index in [0.29, 0.717) is 6.07 Å². The number of ether oxygens (including phenoxy) is 1. The van der Waals surface area contributed by atoms with Crippen molar-refractivity contribution in [2.45, 2.75) is 38.3 Å². The van der Waals surface area contributed by atoms with Gasteiger partial charge in [-0.3, -0.25) is 4.79 Å². The van der Waals surface area contributed by atoms with Crippen LogP contribution in [0.25, 0.3) is 0 Å². The molecule has 0 saturated heterocycles. The third-order valence-electron chi connectivity index (χ3n) is 4.24. The maximum absolute atomic E-state index is 14.0. The second-order valence-corrected chi connectivity index (χ2v) is 6.08. The van der Waals surface area contributed by atoms with Gasteiger partial charge in [0.15, 0.2) is 11.6 Å². The molecule has 2 aromatic carbocycles. The summed E-state index contributed by atoms with van der Waals surface area (Å²) >= 11 is 0. The first-order valence-electron chi connectivity index (χ1n) is 8.45. The number of methoxy groups -OCH3 is 1. The van der Waals surface area contributed by atoms with Gasteiger partial charge in [0.2, 0.25) is 0 Å². The van der Waals surface area contributed by atoms with E-state index in [1.165, 1.54) is 7.11 Å². The molecule has 2 aromatic rings. The molecule has 6 heteroatoms. The van der Waals surface area contributed by atoms with Gasteiger partial charge in [-0.1, -0.05) is 37.3 Å². The third-order valence-corrected chi connectivity index (χ3v) is 4.24. The van der Waals surface area contributed by atoms with Gasteiger partial charge in [0.05, 0.1) is 13.5 Å². The van der Waals surface area contributed by atoms with E-state index in [9.17, 15) is 18.0 Å². The highest BCUT2D eigenvalue weighted by Crippen LogP contribution is 2.21. The minimum absolute atomic E-state index is 0.00761. The molecule has 0 bridgehead atoms. The molecule has 1 N–H and O–H groups in total. The zero-order valence-electron chi connectivity index (χ0n) is 14.8. The van der Waals surface area contributed by atoms with Crippen LogP contribution in [0.1, 0.15) is 36.9 Å². The Morgan fingerprint density at radius 3 is 2.35 bits per heavy atom. The van der Waals surface area contributed by atoms with Crippen molar-refractivity contribution in [3.8, 4) is 0 Å². The van der Waals surface area contributed by atoms with Gasteiger partial charge in [-0.15, -0.1) is 0 Å². The Morgan fingerprint density at radius 1 is 1.08 bits per heavy atom. The molecule has 2 unspecified atom stereocenters. The molecule has 0 aliphatic rings. The van der Waals surface area contributed by atoms with E-state index in [1.54, 1.807) is 0 Å². The molecule has 0 spiro atoms. The van der Waals surface area contributed by atoms with Crippen LogP contribution in [0.15, 0.2) is 42.5 Å². The van der Waals surface area contributed by atoms with Crippen LogP contribution < -0.4 is 5.32 Å². The Balaban J connectivity index is 2.23. The highest BCUT2D eigenvalue weighted by Gasteiger charge is 2.22. The van der Waals surface area contributed by atoms with Crippen molar-refractivity contribution in [3.05, 3.63) is 71.0 Å². The fourth-order valence-corrected chi connectivity index (χ4v) is 2.88. The summed E-state index contributed by atoms with van der Waals surface area (Å²) in [5.74, 6) is -3.66. The maximum atomic E-state index is 14.0. The van der Waals surface area contributed by atoms with Crippen LogP contribution in [0, 0.1) is 17.5 Å². The second kappa shape index (κ2) is 9.38. The Hall–Kier alpha value is -2.34. The highest BCUT2D eigenvalue weighted by atomic mass is 19.2. The summed E-state index contributed by atoms with van der Waals surface area (Å²) in [6.45, 7) is 1.98. The first-order valence-corrected chi connectivity index (χ1v) is 8.45. The van der Waals surface area contributed by atoms with Crippen LogP contribution in [0.5, 0.6) is 0 Å². The van der Waals surface area contributed by atoms with Crippen molar-refractivity contribution in [1.29, 1.82) is 0 Å². The van der Waals surface area contributed by atoms with Crippen molar-refractivity contribution >= 4 is 5.97 Å². The average Bonchev–Trinajstić information content (AvgIpc) is 2.64. The van der Waals surface area contributed by atoms with Gasteiger partial charge in [-0.2, -0.15) is 0 Å². The summed E-state index contributed by atoms with van der Waals surface area (Å²) in [4.78, 5) is 11.7. The van der Waals surface area contributed by atoms with Crippen LogP contribution in [-0.4, -0.2) is 19.1 Å². The van der Waals surface area contributed by atoms with Crippen molar-refractivity contribution in [3.63, 3.8) is 0 Å². The van der Waals surface area contributed by atoms with Gasteiger partial charge >= 0.3 is 5.97 Å². The van der Waals surface area contributed by atoms with Crippen molar-refractivity contribution in [2.75, 3.05) is 7.11 Å². The lowest BCUT2D eigenvalue weighted by Crippen LogP contribution is -2.36. The van der Waals surface area contributed by atoms with Crippen LogP contribution in [0.4, 0.5) is 13.2 Å². The molecular weight excluding hydrogens is 343 g/mol. The van der Waals surface area contributed by atoms with Gasteiger partial charge in [0, 0.05) is 18.2 Å². The first-order chi connectivity index (χ1) is 12.4. The van der Waals surface area contributed by atoms with Gasteiger partial charge < -0.3 is 10.1 Å². The summed E-state index contributed by atoms with van der Waals surface area (Å²) in [6, 6.07) is 10.4. The van der Waals surface area contributed by atoms with Crippen LogP contribution >= 0.6 is 0 Å². The van der Waals surface area contributed by atoms with Crippen LogP contribution in [0.2, 0.25) is 0 Å². The lowest BCUT2D eigenvalue weighted by Gasteiger charge is -2.25. The number of rotatable bonds is 8. The lowest BCUT2D eigenvalue weighted by molar-refractivity contribution is -0.141. The summed E-state index contributed by atoms with van der Waals surface area (Å²) in [5, 5.41) is 3.31. The monoisotopic (exact) mass is 365 g/mol. The smallest absolute Gasteiger partial charge is 0.307 e. The quantitative estimate of drug-likeness (QED) is 0.559. The normalized spacial score (nSPS) is 13.3. The van der Waals surface area contributed by atoms with Gasteiger partial charge in [0.25, 0.3) is 0 Å². The lowest BCUT2D eigenvalue weighted by atomic mass is 9.98. The molecule has 140 valence electrons. The first kappa shape index (κ1) is 20.0. The predicted octanol–water partition coefficient (Wildman–Crippen LogP) is 4.32. The molecule has 0 amide bonds. The Bertz CT molecular complexity index is 737. The Kier molecular flexibility index (Phi) is 7.21. The molecule has 26 heavy (non-hydrogen) atoms. The van der Waals surface area contributed by atoms with Crippen molar-refractivity contribution in [1.82, 2.24) is 5.32 Å². The van der Waals surface area contributed by atoms with E-state index in [-0.39, 0.29) is 24.4 Å². The highest BCUT2D eigenvalue weighted by molar-refractivity contribution is 5.70. The van der Waals surface area contributed by atoms with Crippen molar-refractivity contribution in [2.24, 2.45) is 0 Å². The Labute approximate surface area is 151 Å². The number of esters is 1. The summed E-state index contributed by atoms with van der Waals surface area (Å²) in [6.07, 6.45) is 0.752. The largest absolute Gasteiger partial charge is 0.469 e. The SMILES string of the molecule is CCC(NC(CC(=O)OC)Cc1cc(F)c(F)cc1F)c1ccccc1. The van der Waals surface area contributed by atoms with Crippen LogP contribution in [0.3, 0.4) is 0 Å². The predicted molar refractivity (Wildman–Crippen MR) is 93.1 cm³/mol. The summed E-state index contributed by atoms with van der Waals surface area (Å²) < 4.78 is 45.3. The topological polar surface area (TPSA) is 38.3 Å². The minimum atomic E-state index is -1.24. The average molecular weight is 365 g/mol. The van der Waals surface area contributed by atoms with E-state index in [1.807, 2.05) is 37.3 Å². The van der Waals surface area contributed by atoms with E-state index in [0.717, 1.165) is 18.1 Å². The standard InChI is InChI=1S/C20H22F3NO2/c1-3-19(13-7-5-4-6-8-13)24-15(11-20(25)26-2)9-14-10-17(22)18(23)12-16(14)21/h4-8,10,12,15,19,24H,3,9,11H2,1-2H3. The molecule has 0 aromatic heterocycles. The molecule has 0 fully saturated rings. The number of benzene rings is 2. The number of carbonyl (C=O) groups excluding carboxylic acids is 1. The number of nitrogens with one attached hydrogen (secondary N) is 1. The number of hydrogen-bond acceptors (Lipinski definition) is 3. The summed E-state index contributed by atoms with van der Waals surface area (Å²) in [7, 11) is 1.27. The summed E-state index contributed by atoms with van der Waals surface area (Å²) in [5.41, 5.74) is 1.03. The molecular formula is C20H22F3NO2. The zero-order chi connectivity index (χ0) is 19.1. The number of carbonyl (C=O) groups is 1. The second-order valence-electron chi connectivity index (χ2n) is 6.08. The van der Waals surface area contributed by atoms with E-state index in [2.05, 4.69) is 5.32 Å². The molecule has 0 radical (unpaired) electrons. The molecule has 3 nitrogen and oxygen atoms in total. The number of halogens is 3. The van der Waals surface area contributed by atoms with Crippen molar-refractivity contribution < 1.29 is 22.7 Å². The molecule has 0 aliphatic heterocycles. The molecule has 2 atom stereocenters.